The van der Waals surface area contributed by atoms with Gasteiger partial charge in [-0.3, -0.25) is 4.79 Å². The fraction of sp³-hybridized carbons (Fsp3) is 0.462. The summed E-state index contributed by atoms with van der Waals surface area (Å²) in [7, 11) is 1.51. The number of rotatable bonds is 2. The average molecular weight is 302 g/mol. The van der Waals surface area contributed by atoms with Crippen molar-refractivity contribution in [2.45, 2.75) is 37.1 Å². The van der Waals surface area contributed by atoms with E-state index in [0.717, 1.165) is 25.8 Å². The summed E-state index contributed by atoms with van der Waals surface area (Å²) in [5.74, 6) is -0.0503. The number of benzene rings is 1. The molecule has 104 valence electrons. The Morgan fingerprint density at radius 1 is 1.26 bits per heavy atom. The Bertz CT molecular complexity index is 568. The minimum atomic E-state index is -3.73. The van der Waals surface area contributed by atoms with Crippen LogP contribution in [0.5, 0.6) is 0 Å². The lowest BCUT2D eigenvalue weighted by Gasteiger charge is -2.33. The molecule has 6 heteroatoms. The van der Waals surface area contributed by atoms with Gasteiger partial charge in [-0.2, -0.15) is 0 Å². The number of carbonyl (C=O) groups excluding carboxylic acids is 1. The highest BCUT2D eigenvalue weighted by Gasteiger charge is 2.24. The predicted octanol–water partition coefficient (Wildman–Crippen LogP) is 2.63. The molecule has 1 amide bonds. The van der Waals surface area contributed by atoms with E-state index < -0.39 is 9.05 Å². The second-order valence-electron chi connectivity index (χ2n) is 4.81. The summed E-state index contributed by atoms with van der Waals surface area (Å²) in [6, 6.07) is 5.99. The van der Waals surface area contributed by atoms with Gasteiger partial charge in [-0.1, -0.05) is 0 Å². The van der Waals surface area contributed by atoms with E-state index in [1.807, 2.05) is 11.8 Å². The standard InChI is InChI=1S/C13H16ClNO3S/c1-10-4-2-3-9-15(10)13(16)11-5-7-12(8-6-11)19(14,17)18/h5-8,10H,2-4,9H2,1H3. The Balaban J connectivity index is 2.20. The van der Waals surface area contributed by atoms with Gasteiger partial charge >= 0.3 is 0 Å². The first-order valence-electron chi connectivity index (χ1n) is 6.25. The Morgan fingerprint density at radius 3 is 2.42 bits per heavy atom. The minimum Gasteiger partial charge on any atom is -0.336 e. The van der Waals surface area contributed by atoms with Gasteiger partial charge in [0.25, 0.3) is 15.0 Å². The molecule has 1 saturated heterocycles. The Kier molecular flexibility index (Phi) is 4.16. The molecule has 1 heterocycles. The molecule has 1 unspecified atom stereocenters. The molecular formula is C13H16ClNO3S. The van der Waals surface area contributed by atoms with E-state index in [1.165, 1.54) is 24.3 Å². The molecule has 1 fully saturated rings. The van der Waals surface area contributed by atoms with Gasteiger partial charge in [0.2, 0.25) is 0 Å². The molecule has 1 aromatic rings. The quantitative estimate of drug-likeness (QED) is 0.789. The third-order valence-corrected chi connectivity index (χ3v) is 4.82. The number of hydrogen-bond acceptors (Lipinski definition) is 3. The van der Waals surface area contributed by atoms with Gasteiger partial charge in [-0.25, -0.2) is 8.42 Å². The molecule has 0 aliphatic carbocycles. The second kappa shape index (κ2) is 5.51. The van der Waals surface area contributed by atoms with Gasteiger partial charge in [-0.05, 0) is 50.5 Å². The van der Waals surface area contributed by atoms with Crippen molar-refractivity contribution in [1.29, 1.82) is 0 Å². The lowest BCUT2D eigenvalue weighted by Crippen LogP contribution is -2.42. The topological polar surface area (TPSA) is 54.5 Å². The second-order valence-corrected chi connectivity index (χ2v) is 7.37. The SMILES string of the molecule is CC1CCCCN1C(=O)c1ccc(S(=O)(=O)Cl)cc1. The number of hydrogen-bond donors (Lipinski definition) is 0. The maximum atomic E-state index is 12.3. The molecule has 1 aromatic carbocycles. The number of piperidine rings is 1. The van der Waals surface area contributed by atoms with Crippen LogP contribution in [-0.2, 0) is 9.05 Å². The monoisotopic (exact) mass is 301 g/mol. The fourth-order valence-electron chi connectivity index (χ4n) is 2.33. The molecule has 1 atom stereocenters. The summed E-state index contributed by atoms with van der Waals surface area (Å²) in [5, 5.41) is 0. The molecule has 0 spiro atoms. The van der Waals surface area contributed by atoms with Gasteiger partial charge < -0.3 is 4.90 Å². The van der Waals surface area contributed by atoms with E-state index in [4.69, 9.17) is 10.7 Å². The summed E-state index contributed by atoms with van der Waals surface area (Å²) in [5.41, 5.74) is 0.498. The van der Waals surface area contributed by atoms with Crippen LogP contribution in [0.1, 0.15) is 36.5 Å². The number of likely N-dealkylation sites (tertiary alicyclic amines) is 1. The van der Waals surface area contributed by atoms with Crippen molar-refractivity contribution in [2.24, 2.45) is 0 Å². The molecule has 1 aliphatic heterocycles. The third kappa shape index (κ3) is 3.28. The van der Waals surface area contributed by atoms with Gasteiger partial charge in [0, 0.05) is 28.8 Å². The van der Waals surface area contributed by atoms with Gasteiger partial charge in [0.15, 0.2) is 0 Å². The van der Waals surface area contributed by atoms with E-state index in [9.17, 15) is 13.2 Å². The zero-order valence-corrected chi connectivity index (χ0v) is 12.2. The molecule has 0 saturated carbocycles. The summed E-state index contributed by atoms with van der Waals surface area (Å²) in [6.07, 6.45) is 3.18. The number of carbonyl (C=O) groups is 1. The van der Waals surface area contributed by atoms with Crippen LogP contribution in [0.2, 0.25) is 0 Å². The molecule has 0 aromatic heterocycles. The highest BCUT2D eigenvalue weighted by atomic mass is 35.7. The summed E-state index contributed by atoms with van der Waals surface area (Å²) >= 11 is 0. The summed E-state index contributed by atoms with van der Waals surface area (Å²) in [6.45, 7) is 2.80. The van der Waals surface area contributed by atoms with Crippen molar-refractivity contribution < 1.29 is 13.2 Å². The van der Waals surface area contributed by atoms with Crippen LogP contribution in [0.15, 0.2) is 29.2 Å². The van der Waals surface area contributed by atoms with Crippen LogP contribution in [0.25, 0.3) is 0 Å². The normalized spacial score (nSPS) is 20.3. The Labute approximate surface area is 117 Å². The number of nitrogens with zero attached hydrogens (tertiary/aromatic N) is 1. The van der Waals surface area contributed by atoms with Crippen molar-refractivity contribution >= 4 is 25.6 Å². The molecule has 4 nitrogen and oxygen atoms in total. The van der Waals surface area contributed by atoms with Gasteiger partial charge in [-0.15, -0.1) is 0 Å². The minimum absolute atomic E-state index is 0.0115. The molecule has 0 N–H and O–H groups in total. The van der Waals surface area contributed by atoms with Crippen LogP contribution in [-0.4, -0.2) is 31.8 Å². The van der Waals surface area contributed by atoms with Crippen LogP contribution in [0.4, 0.5) is 0 Å². The van der Waals surface area contributed by atoms with Crippen LogP contribution in [0, 0.1) is 0 Å². The van der Waals surface area contributed by atoms with Gasteiger partial charge in [0.1, 0.15) is 0 Å². The van der Waals surface area contributed by atoms with E-state index >= 15 is 0 Å². The first-order chi connectivity index (χ1) is 8.89. The molecule has 1 aliphatic rings. The highest BCUT2D eigenvalue weighted by Crippen LogP contribution is 2.21. The van der Waals surface area contributed by atoms with E-state index in [-0.39, 0.29) is 16.8 Å². The maximum absolute atomic E-state index is 12.3. The lowest BCUT2D eigenvalue weighted by atomic mass is 10.0. The first-order valence-corrected chi connectivity index (χ1v) is 8.56. The van der Waals surface area contributed by atoms with E-state index in [0.29, 0.717) is 5.56 Å². The zero-order chi connectivity index (χ0) is 14.0. The molecule has 0 bridgehead atoms. The van der Waals surface area contributed by atoms with Crippen LogP contribution < -0.4 is 0 Å². The van der Waals surface area contributed by atoms with Crippen LogP contribution >= 0.6 is 10.7 Å². The highest BCUT2D eigenvalue weighted by molar-refractivity contribution is 8.13. The molecule has 0 radical (unpaired) electrons. The van der Waals surface area contributed by atoms with Crippen molar-refractivity contribution in [3.8, 4) is 0 Å². The van der Waals surface area contributed by atoms with Crippen molar-refractivity contribution in [1.82, 2.24) is 4.90 Å². The maximum Gasteiger partial charge on any atom is 0.261 e. The molecule has 19 heavy (non-hydrogen) atoms. The largest absolute Gasteiger partial charge is 0.336 e. The zero-order valence-electron chi connectivity index (χ0n) is 10.7. The van der Waals surface area contributed by atoms with Crippen molar-refractivity contribution in [3.63, 3.8) is 0 Å². The smallest absolute Gasteiger partial charge is 0.261 e. The van der Waals surface area contributed by atoms with Crippen LogP contribution in [0.3, 0.4) is 0 Å². The molecular weight excluding hydrogens is 286 g/mol. The van der Waals surface area contributed by atoms with Crippen molar-refractivity contribution in [2.75, 3.05) is 6.54 Å². The lowest BCUT2D eigenvalue weighted by molar-refractivity contribution is 0.0635. The van der Waals surface area contributed by atoms with Gasteiger partial charge in [0.05, 0.1) is 4.90 Å². The predicted molar refractivity (Wildman–Crippen MR) is 73.8 cm³/mol. The Morgan fingerprint density at radius 2 is 1.89 bits per heavy atom. The summed E-state index contributed by atoms with van der Waals surface area (Å²) in [4.78, 5) is 14.2. The van der Waals surface area contributed by atoms with E-state index in [1.54, 1.807) is 0 Å². The molecule has 2 rings (SSSR count). The van der Waals surface area contributed by atoms with Crippen molar-refractivity contribution in [3.05, 3.63) is 29.8 Å². The summed E-state index contributed by atoms with van der Waals surface area (Å²) < 4.78 is 22.3. The number of halogens is 1. The Hall–Kier alpha value is -1.07. The number of amides is 1. The first kappa shape index (κ1) is 14.3. The fourth-order valence-corrected chi connectivity index (χ4v) is 3.10. The average Bonchev–Trinajstić information content (AvgIpc) is 2.38. The van der Waals surface area contributed by atoms with E-state index in [2.05, 4.69) is 0 Å². The third-order valence-electron chi connectivity index (χ3n) is 3.45.